The predicted octanol–water partition coefficient (Wildman–Crippen LogP) is 1.28. The summed E-state index contributed by atoms with van der Waals surface area (Å²) in [6, 6.07) is 12.7. The van der Waals surface area contributed by atoms with Crippen LogP contribution in [0.3, 0.4) is 0 Å². The first-order valence-electron chi connectivity index (χ1n) is 10.7. The highest BCUT2D eigenvalue weighted by molar-refractivity contribution is 6.02. The quantitative estimate of drug-likeness (QED) is 0.836. The van der Waals surface area contributed by atoms with Crippen LogP contribution in [-0.2, 0) is 11.3 Å². The van der Waals surface area contributed by atoms with Crippen LogP contribution in [0.5, 0.6) is 0 Å². The van der Waals surface area contributed by atoms with Gasteiger partial charge in [-0.05, 0) is 24.9 Å². The summed E-state index contributed by atoms with van der Waals surface area (Å²) in [7, 11) is 0. The molecule has 0 saturated carbocycles. The van der Waals surface area contributed by atoms with Gasteiger partial charge in [0.15, 0.2) is 5.92 Å². The molecule has 1 spiro atoms. The van der Waals surface area contributed by atoms with Gasteiger partial charge in [0.2, 0.25) is 11.9 Å². The van der Waals surface area contributed by atoms with Crippen molar-refractivity contribution in [1.29, 1.82) is 5.26 Å². The minimum atomic E-state index is -0.706. The van der Waals surface area contributed by atoms with Crippen LogP contribution in [0.15, 0.2) is 35.3 Å². The standard InChI is InChI=1S/C22H30N6O/c1-2-26-12-14-28(15-13-26)21-24-20(29)19(16-23)22(25-21)8-10-27(11-9-22)17-18-6-4-3-5-7-18/h3-7,19H,2,8-15,17H2,1H3,(H,24,25,29)/t19-/m1/s1. The predicted molar refractivity (Wildman–Crippen MR) is 112 cm³/mol. The number of piperidine rings is 1. The number of nitrogens with zero attached hydrogens (tertiary/aromatic N) is 5. The SMILES string of the molecule is CCN1CCN(C2=NC3(CCN(Cc4ccccc4)CC3)[C@H](C#N)C(=O)N2)CC1. The Kier molecular flexibility index (Phi) is 5.84. The van der Waals surface area contributed by atoms with Crippen molar-refractivity contribution in [3.63, 3.8) is 0 Å². The second-order valence-electron chi connectivity index (χ2n) is 8.27. The number of likely N-dealkylation sites (tertiary alicyclic amines) is 1. The summed E-state index contributed by atoms with van der Waals surface area (Å²) in [5.41, 5.74) is 0.696. The van der Waals surface area contributed by atoms with Crippen LogP contribution < -0.4 is 5.32 Å². The molecule has 3 aliphatic heterocycles. The average Bonchev–Trinajstić information content (AvgIpc) is 2.76. The van der Waals surface area contributed by atoms with E-state index in [4.69, 9.17) is 4.99 Å². The first-order valence-corrected chi connectivity index (χ1v) is 10.7. The van der Waals surface area contributed by atoms with Crippen LogP contribution in [0.1, 0.15) is 25.3 Å². The molecule has 154 valence electrons. The fraction of sp³-hybridized carbons (Fsp3) is 0.591. The lowest BCUT2D eigenvalue weighted by atomic mass is 9.76. The Morgan fingerprint density at radius 1 is 1.10 bits per heavy atom. The smallest absolute Gasteiger partial charge is 0.246 e. The summed E-state index contributed by atoms with van der Waals surface area (Å²) in [5.74, 6) is -0.220. The lowest BCUT2D eigenvalue weighted by molar-refractivity contribution is -0.125. The molecule has 2 fully saturated rings. The molecule has 0 unspecified atom stereocenters. The fourth-order valence-electron chi connectivity index (χ4n) is 4.67. The number of carbonyl (C=O) groups is 1. The topological polar surface area (TPSA) is 75.0 Å². The molecule has 0 aliphatic carbocycles. The van der Waals surface area contributed by atoms with Gasteiger partial charge in [0.05, 0.1) is 11.6 Å². The molecule has 7 nitrogen and oxygen atoms in total. The van der Waals surface area contributed by atoms with E-state index in [0.29, 0.717) is 5.96 Å². The molecule has 0 aromatic heterocycles. The molecule has 1 atom stereocenters. The third-order valence-electron chi connectivity index (χ3n) is 6.58. The van der Waals surface area contributed by atoms with Crippen molar-refractivity contribution in [2.45, 2.75) is 31.8 Å². The molecule has 3 heterocycles. The number of likely N-dealkylation sites (N-methyl/N-ethyl adjacent to an activating group) is 1. The number of nitriles is 1. The second kappa shape index (κ2) is 8.52. The zero-order valence-corrected chi connectivity index (χ0v) is 17.2. The monoisotopic (exact) mass is 394 g/mol. The summed E-state index contributed by atoms with van der Waals surface area (Å²) in [4.78, 5) is 24.8. The first kappa shape index (κ1) is 19.9. The number of aliphatic imine (C=N–C) groups is 1. The van der Waals surface area contributed by atoms with E-state index in [-0.39, 0.29) is 5.91 Å². The third kappa shape index (κ3) is 4.14. The van der Waals surface area contributed by atoms with Crippen molar-refractivity contribution in [3.8, 4) is 6.07 Å². The Morgan fingerprint density at radius 3 is 2.41 bits per heavy atom. The van der Waals surface area contributed by atoms with E-state index in [1.54, 1.807) is 0 Å². The summed E-state index contributed by atoms with van der Waals surface area (Å²) in [6.07, 6.45) is 1.48. The Morgan fingerprint density at radius 2 is 1.79 bits per heavy atom. The zero-order chi connectivity index (χ0) is 20.3. The molecular weight excluding hydrogens is 364 g/mol. The number of carbonyl (C=O) groups excluding carboxylic acids is 1. The molecule has 1 aromatic carbocycles. The number of piperazine rings is 1. The maximum Gasteiger partial charge on any atom is 0.246 e. The molecule has 1 aromatic rings. The van der Waals surface area contributed by atoms with Gasteiger partial charge in [0.1, 0.15) is 0 Å². The van der Waals surface area contributed by atoms with Gasteiger partial charge in [0.25, 0.3) is 0 Å². The van der Waals surface area contributed by atoms with E-state index < -0.39 is 11.5 Å². The number of hydrogen-bond donors (Lipinski definition) is 1. The summed E-state index contributed by atoms with van der Waals surface area (Å²) >= 11 is 0. The summed E-state index contributed by atoms with van der Waals surface area (Å²) in [6.45, 7) is 9.49. The second-order valence-corrected chi connectivity index (χ2v) is 8.27. The Bertz CT molecular complexity index is 785. The van der Waals surface area contributed by atoms with Gasteiger partial charge in [-0.3, -0.25) is 15.0 Å². The minimum absolute atomic E-state index is 0.188. The van der Waals surface area contributed by atoms with E-state index >= 15 is 0 Å². The largest absolute Gasteiger partial charge is 0.340 e. The van der Waals surface area contributed by atoms with Gasteiger partial charge >= 0.3 is 0 Å². The highest BCUT2D eigenvalue weighted by Gasteiger charge is 2.49. The van der Waals surface area contributed by atoms with Gasteiger partial charge in [0, 0.05) is 45.8 Å². The van der Waals surface area contributed by atoms with E-state index in [9.17, 15) is 10.1 Å². The number of amides is 1. The van der Waals surface area contributed by atoms with Crippen molar-refractivity contribution in [3.05, 3.63) is 35.9 Å². The molecular formula is C22H30N6O. The Labute approximate surface area is 173 Å². The van der Waals surface area contributed by atoms with E-state index in [1.165, 1.54) is 5.56 Å². The van der Waals surface area contributed by atoms with Crippen molar-refractivity contribution in [2.75, 3.05) is 45.8 Å². The van der Waals surface area contributed by atoms with Gasteiger partial charge in [-0.25, -0.2) is 4.99 Å². The average molecular weight is 395 g/mol. The van der Waals surface area contributed by atoms with Gasteiger partial charge in [-0.2, -0.15) is 5.26 Å². The van der Waals surface area contributed by atoms with Gasteiger partial charge < -0.3 is 9.80 Å². The summed E-state index contributed by atoms with van der Waals surface area (Å²) in [5, 5.41) is 12.7. The van der Waals surface area contributed by atoms with E-state index in [2.05, 4.69) is 57.3 Å². The molecule has 1 amide bonds. The number of benzene rings is 1. The number of rotatable bonds is 3. The Hall–Kier alpha value is -2.43. The number of guanidine groups is 1. The first-order chi connectivity index (χ1) is 14.1. The fourth-order valence-corrected chi connectivity index (χ4v) is 4.67. The van der Waals surface area contributed by atoms with Crippen LogP contribution in [0.4, 0.5) is 0 Å². The molecule has 7 heteroatoms. The van der Waals surface area contributed by atoms with Crippen LogP contribution in [0, 0.1) is 17.2 Å². The van der Waals surface area contributed by atoms with E-state index in [0.717, 1.165) is 65.2 Å². The lowest BCUT2D eigenvalue weighted by Crippen LogP contribution is -2.62. The van der Waals surface area contributed by atoms with Gasteiger partial charge in [-0.15, -0.1) is 0 Å². The normalized spacial score (nSPS) is 25.4. The molecule has 4 rings (SSSR count). The molecule has 3 aliphatic rings. The van der Waals surface area contributed by atoms with Crippen LogP contribution in [-0.4, -0.2) is 77.9 Å². The maximum absolute atomic E-state index is 12.8. The highest BCUT2D eigenvalue weighted by atomic mass is 16.2. The van der Waals surface area contributed by atoms with Crippen LogP contribution in [0.2, 0.25) is 0 Å². The van der Waals surface area contributed by atoms with Crippen molar-refractivity contribution in [1.82, 2.24) is 20.0 Å². The van der Waals surface area contributed by atoms with Crippen LogP contribution >= 0.6 is 0 Å². The lowest BCUT2D eigenvalue weighted by Gasteiger charge is -2.45. The molecule has 0 bridgehead atoms. The van der Waals surface area contributed by atoms with Crippen LogP contribution in [0.25, 0.3) is 0 Å². The van der Waals surface area contributed by atoms with Crippen molar-refractivity contribution < 1.29 is 4.79 Å². The third-order valence-corrected chi connectivity index (χ3v) is 6.58. The molecule has 2 saturated heterocycles. The zero-order valence-electron chi connectivity index (χ0n) is 17.2. The molecule has 0 radical (unpaired) electrons. The number of nitrogens with one attached hydrogen (secondary N) is 1. The summed E-state index contributed by atoms with van der Waals surface area (Å²) < 4.78 is 0. The number of hydrogen-bond acceptors (Lipinski definition) is 6. The maximum atomic E-state index is 12.8. The molecule has 29 heavy (non-hydrogen) atoms. The molecule has 1 N–H and O–H groups in total. The minimum Gasteiger partial charge on any atom is -0.340 e. The Balaban J connectivity index is 1.48. The highest BCUT2D eigenvalue weighted by Crippen LogP contribution is 2.37. The van der Waals surface area contributed by atoms with E-state index in [1.807, 2.05) is 6.07 Å². The van der Waals surface area contributed by atoms with Gasteiger partial charge in [-0.1, -0.05) is 37.3 Å². The van der Waals surface area contributed by atoms with Crippen molar-refractivity contribution >= 4 is 11.9 Å². The van der Waals surface area contributed by atoms with Crippen molar-refractivity contribution in [2.24, 2.45) is 10.9 Å².